The second-order valence-corrected chi connectivity index (χ2v) is 4.98. The fourth-order valence-corrected chi connectivity index (χ4v) is 2.17. The van der Waals surface area contributed by atoms with Crippen LogP contribution in [0.2, 0.25) is 0 Å². The molecule has 0 aliphatic carbocycles. The van der Waals surface area contributed by atoms with Crippen molar-refractivity contribution in [1.29, 1.82) is 0 Å². The normalized spacial score (nSPS) is 11.1. The van der Waals surface area contributed by atoms with Crippen molar-refractivity contribution in [2.75, 3.05) is 26.1 Å². The van der Waals surface area contributed by atoms with Gasteiger partial charge in [0.25, 0.3) is 0 Å². The second kappa shape index (κ2) is 8.76. The monoisotopic (exact) mass is 331 g/mol. The van der Waals surface area contributed by atoms with Gasteiger partial charge in [-0.25, -0.2) is 4.39 Å². The van der Waals surface area contributed by atoms with E-state index in [-0.39, 0.29) is 5.82 Å². The summed E-state index contributed by atoms with van der Waals surface area (Å²) in [6.45, 7) is 2.95. The molecule has 5 nitrogen and oxygen atoms in total. The Morgan fingerprint density at radius 3 is 2.67 bits per heavy atom. The van der Waals surface area contributed by atoms with Crippen molar-refractivity contribution in [3.05, 3.63) is 53.8 Å². The van der Waals surface area contributed by atoms with Gasteiger partial charge in [0.05, 0.1) is 13.7 Å². The highest BCUT2D eigenvalue weighted by molar-refractivity contribution is 5.93. The molecule has 2 N–H and O–H groups in total. The standard InChI is InChI=1S/C18H22FN3O2/c1-4-24-16-9-8-15(11-17(16)23-3)22-18(20-2)21-12-13-6-5-7-14(19)10-13/h5-11H,4,12H2,1-3H3,(H2,20,21,22). The molecule has 0 aliphatic heterocycles. The van der Waals surface area contributed by atoms with Crippen LogP contribution in [0, 0.1) is 5.82 Å². The molecule has 0 saturated carbocycles. The lowest BCUT2D eigenvalue weighted by Gasteiger charge is -2.14. The van der Waals surface area contributed by atoms with E-state index in [1.807, 2.05) is 31.2 Å². The SMILES string of the molecule is CCOc1ccc(NC(=NC)NCc2cccc(F)c2)cc1OC. The zero-order chi connectivity index (χ0) is 17.4. The summed E-state index contributed by atoms with van der Waals surface area (Å²) in [5, 5.41) is 6.31. The summed E-state index contributed by atoms with van der Waals surface area (Å²) in [5.74, 6) is 1.65. The van der Waals surface area contributed by atoms with Gasteiger partial charge in [-0.3, -0.25) is 4.99 Å². The smallest absolute Gasteiger partial charge is 0.195 e. The first-order valence-electron chi connectivity index (χ1n) is 7.69. The van der Waals surface area contributed by atoms with Gasteiger partial charge < -0.3 is 20.1 Å². The van der Waals surface area contributed by atoms with Gasteiger partial charge >= 0.3 is 0 Å². The Morgan fingerprint density at radius 1 is 1.17 bits per heavy atom. The largest absolute Gasteiger partial charge is 0.493 e. The van der Waals surface area contributed by atoms with E-state index in [1.165, 1.54) is 12.1 Å². The van der Waals surface area contributed by atoms with Crippen LogP contribution in [0.4, 0.5) is 10.1 Å². The van der Waals surface area contributed by atoms with E-state index in [4.69, 9.17) is 9.47 Å². The second-order valence-electron chi connectivity index (χ2n) is 4.98. The van der Waals surface area contributed by atoms with Crippen molar-refractivity contribution in [1.82, 2.24) is 5.32 Å². The summed E-state index contributed by atoms with van der Waals surface area (Å²) < 4.78 is 24.0. The fraction of sp³-hybridized carbons (Fsp3) is 0.278. The molecule has 2 aromatic carbocycles. The lowest BCUT2D eigenvalue weighted by Crippen LogP contribution is -2.30. The van der Waals surface area contributed by atoms with Gasteiger partial charge in [0.2, 0.25) is 0 Å². The molecule has 0 radical (unpaired) electrons. The van der Waals surface area contributed by atoms with E-state index >= 15 is 0 Å². The topological polar surface area (TPSA) is 54.9 Å². The van der Waals surface area contributed by atoms with Crippen LogP contribution in [0.5, 0.6) is 11.5 Å². The number of nitrogens with zero attached hydrogens (tertiary/aromatic N) is 1. The van der Waals surface area contributed by atoms with E-state index in [1.54, 1.807) is 20.2 Å². The van der Waals surface area contributed by atoms with Crippen LogP contribution in [-0.2, 0) is 6.54 Å². The number of guanidine groups is 1. The summed E-state index contributed by atoms with van der Waals surface area (Å²) >= 11 is 0. The lowest BCUT2D eigenvalue weighted by molar-refractivity contribution is 0.311. The molecule has 0 bridgehead atoms. The number of hydrogen-bond donors (Lipinski definition) is 2. The molecule has 0 spiro atoms. The van der Waals surface area contributed by atoms with Gasteiger partial charge in [0.1, 0.15) is 5.82 Å². The summed E-state index contributed by atoms with van der Waals surface area (Å²) in [5.41, 5.74) is 1.64. The van der Waals surface area contributed by atoms with Crippen molar-refractivity contribution in [2.24, 2.45) is 4.99 Å². The Kier molecular flexibility index (Phi) is 6.42. The van der Waals surface area contributed by atoms with Gasteiger partial charge in [0, 0.05) is 25.3 Å². The van der Waals surface area contributed by atoms with Crippen molar-refractivity contribution >= 4 is 11.6 Å². The van der Waals surface area contributed by atoms with E-state index < -0.39 is 0 Å². The van der Waals surface area contributed by atoms with E-state index in [0.717, 1.165) is 11.3 Å². The van der Waals surface area contributed by atoms with Crippen LogP contribution in [0.15, 0.2) is 47.5 Å². The molecule has 2 aromatic rings. The first-order chi connectivity index (χ1) is 11.7. The molecule has 0 amide bonds. The van der Waals surface area contributed by atoms with Crippen LogP contribution in [0.25, 0.3) is 0 Å². The number of methoxy groups -OCH3 is 1. The maximum Gasteiger partial charge on any atom is 0.195 e. The molecule has 0 aliphatic rings. The molecule has 6 heteroatoms. The number of hydrogen-bond acceptors (Lipinski definition) is 3. The van der Waals surface area contributed by atoms with Gasteiger partial charge in [-0.2, -0.15) is 0 Å². The Balaban J connectivity index is 2.02. The summed E-state index contributed by atoms with van der Waals surface area (Å²) in [6, 6.07) is 12.0. The average molecular weight is 331 g/mol. The third kappa shape index (κ3) is 4.87. The lowest BCUT2D eigenvalue weighted by atomic mass is 10.2. The number of halogens is 1. The highest BCUT2D eigenvalue weighted by atomic mass is 19.1. The molecular weight excluding hydrogens is 309 g/mol. The molecule has 0 fully saturated rings. The third-order valence-corrected chi connectivity index (χ3v) is 3.30. The summed E-state index contributed by atoms with van der Waals surface area (Å²) in [4.78, 5) is 4.16. The molecular formula is C18H22FN3O2. The fourth-order valence-electron chi connectivity index (χ4n) is 2.17. The molecule has 0 aromatic heterocycles. The Morgan fingerprint density at radius 2 is 2.00 bits per heavy atom. The Bertz CT molecular complexity index is 704. The van der Waals surface area contributed by atoms with Gasteiger partial charge in [-0.15, -0.1) is 0 Å². The van der Waals surface area contributed by atoms with Crippen LogP contribution in [-0.4, -0.2) is 26.7 Å². The molecule has 24 heavy (non-hydrogen) atoms. The number of rotatable bonds is 6. The summed E-state index contributed by atoms with van der Waals surface area (Å²) in [6.07, 6.45) is 0. The Labute approximate surface area is 141 Å². The zero-order valence-electron chi connectivity index (χ0n) is 14.1. The van der Waals surface area contributed by atoms with Crippen molar-refractivity contribution in [2.45, 2.75) is 13.5 Å². The van der Waals surface area contributed by atoms with Crippen LogP contribution >= 0.6 is 0 Å². The first-order valence-corrected chi connectivity index (χ1v) is 7.69. The predicted octanol–water partition coefficient (Wildman–Crippen LogP) is 3.42. The van der Waals surface area contributed by atoms with Gasteiger partial charge in [0.15, 0.2) is 17.5 Å². The molecule has 0 atom stereocenters. The minimum Gasteiger partial charge on any atom is -0.493 e. The first kappa shape index (κ1) is 17.6. The molecule has 2 rings (SSSR count). The molecule has 0 saturated heterocycles. The van der Waals surface area contributed by atoms with E-state index in [2.05, 4.69) is 15.6 Å². The van der Waals surface area contributed by atoms with E-state index in [9.17, 15) is 4.39 Å². The Hall–Kier alpha value is -2.76. The number of anilines is 1. The third-order valence-electron chi connectivity index (χ3n) is 3.30. The number of benzene rings is 2. The number of nitrogens with one attached hydrogen (secondary N) is 2. The minimum atomic E-state index is -0.256. The van der Waals surface area contributed by atoms with Crippen molar-refractivity contribution < 1.29 is 13.9 Å². The average Bonchev–Trinajstić information content (AvgIpc) is 2.60. The van der Waals surface area contributed by atoms with E-state index in [0.29, 0.717) is 30.6 Å². The highest BCUT2D eigenvalue weighted by Crippen LogP contribution is 2.30. The quantitative estimate of drug-likeness (QED) is 0.629. The minimum absolute atomic E-state index is 0.256. The maximum absolute atomic E-state index is 13.2. The van der Waals surface area contributed by atoms with Crippen LogP contribution < -0.4 is 20.1 Å². The van der Waals surface area contributed by atoms with Gasteiger partial charge in [-0.05, 0) is 36.8 Å². The highest BCUT2D eigenvalue weighted by Gasteiger charge is 2.07. The van der Waals surface area contributed by atoms with Gasteiger partial charge in [-0.1, -0.05) is 12.1 Å². The van der Waals surface area contributed by atoms with Crippen LogP contribution in [0.1, 0.15) is 12.5 Å². The zero-order valence-corrected chi connectivity index (χ0v) is 14.1. The number of aliphatic imine (C=N–C) groups is 1. The van der Waals surface area contributed by atoms with Crippen molar-refractivity contribution in [3.8, 4) is 11.5 Å². The number of ether oxygens (including phenoxy) is 2. The maximum atomic E-state index is 13.2. The van der Waals surface area contributed by atoms with Crippen LogP contribution in [0.3, 0.4) is 0 Å². The molecule has 0 unspecified atom stereocenters. The molecule has 128 valence electrons. The van der Waals surface area contributed by atoms with Crippen molar-refractivity contribution in [3.63, 3.8) is 0 Å². The predicted molar refractivity (Wildman–Crippen MR) is 94.4 cm³/mol. The summed E-state index contributed by atoms with van der Waals surface area (Å²) in [7, 11) is 3.27. The molecule has 0 heterocycles.